The van der Waals surface area contributed by atoms with Gasteiger partial charge in [-0.1, -0.05) is 38.1 Å². The summed E-state index contributed by atoms with van der Waals surface area (Å²) in [4.78, 5) is 11.5. The smallest absolute Gasteiger partial charge is 0.407 e. The molecule has 1 N–H and O–H groups in total. The monoisotopic (exact) mass is 346 g/mol. The standard InChI is InChI=1S/C19H26N2O4/c1-13(2)14-6-8-15(9-7-14)16-12-17(21-25-16)23-11-10-20-18(22)24-19(3,4)5/h6-9,12-13H,10-11H2,1-5H3,(H,20,22). The Hall–Kier alpha value is -2.50. The Morgan fingerprint density at radius 2 is 1.92 bits per heavy atom. The molecule has 1 heterocycles. The Morgan fingerprint density at radius 3 is 2.52 bits per heavy atom. The van der Waals surface area contributed by atoms with Crippen LogP contribution in [-0.2, 0) is 4.74 Å². The van der Waals surface area contributed by atoms with Gasteiger partial charge in [-0.3, -0.25) is 0 Å². The number of ether oxygens (including phenoxy) is 2. The molecule has 0 aliphatic heterocycles. The number of hydrogen-bond acceptors (Lipinski definition) is 5. The van der Waals surface area contributed by atoms with Gasteiger partial charge >= 0.3 is 6.09 Å². The Kier molecular flexibility index (Phi) is 6.07. The molecule has 25 heavy (non-hydrogen) atoms. The highest BCUT2D eigenvalue weighted by molar-refractivity contribution is 5.67. The third-order valence-corrected chi connectivity index (χ3v) is 3.37. The quantitative estimate of drug-likeness (QED) is 0.786. The summed E-state index contributed by atoms with van der Waals surface area (Å²) in [6, 6.07) is 9.90. The van der Waals surface area contributed by atoms with Crippen LogP contribution in [0.1, 0.15) is 46.1 Å². The maximum absolute atomic E-state index is 11.5. The molecule has 1 amide bonds. The average molecular weight is 346 g/mol. The van der Waals surface area contributed by atoms with Crippen molar-refractivity contribution in [3.63, 3.8) is 0 Å². The molecule has 1 aromatic heterocycles. The molecule has 6 heteroatoms. The van der Waals surface area contributed by atoms with E-state index in [1.54, 1.807) is 6.07 Å². The summed E-state index contributed by atoms with van der Waals surface area (Å²) >= 11 is 0. The second kappa shape index (κ2) is 8.05. The van der Waals surface area contributed by atoms with E-state index in [9.17, 15) is 4.79 Å². The zero-order valence-corrected chi connectivity index (χ0v) is 15.5. The average Bonchev–Trinajstić information content (AvgIpc) is 2.99. The van der Waals surface area contributed by atoms with E-state index in [0.717, 1.165) is 5.56 Å². The lowest BCUT2D eigenvalue weighted by molar-refractivity contribution is 0.0519. The van der Waals surface area contributed by atoms with E-state index in [2.05, 4.69) is 36.5 Å². The summed E-state index contributed by atoms with van der Waals surface area (Å²) in [5, 5.41) is 6.51. The third kappa shape index (κ3) is 6.14. The van der Waals surface area contributed by atoms with Crippen molar-refractivity contribution in [3.05, 3.63) is 35.9 Å². The molecular weight excluding hydrogens is 320 g/mol. The van der Waals surface area contributed by atoms with Gasteiger partial charge in [-0.25, -0.2) is 4.79 Å². The fraction of sp³-hybridized carbons (Fsp3) is 0.474. The number of hydrogen-bond donors (Lipinski definition) is 1. The number of carbonyl (C=O) groups excluding carboxylic acids is 1. The highest BCUT2D eigenvalue weighted by Crippen LogP contribution is 2.25. The van der Waals surface area contributed by atoms with Gasteiger partial charge in [-0.2, -0.15) is 0 Å². The largest absolute Gasteiger partial charge is 0.474 e. The summed E-state index contributed by atoms with van der Waals surface area (Å²) in [6.07, 6.45) is -0.470. The zero-order valence-electron chi connectivity index (χ0n) is 15.5. The second-order valence-electron chi connectivity index (χ2n) is 7.08. The Labute approximate surface area is 148 Å². The van der Waals surface area contributed by atoms with Gasteiger partial charge in [0.25, 0.3) is 5.88 Å². The molecule has 136 valence electrons. The highest BCUT2D eigenvalue weighted by atomic mass is 16.6. The van der Waals surface area contributed by atoms with Crippen LogP contribution < -0.4 is 10.1 Å². The Bertz CT molecular complexity index is 684. The summed E-state index contributed by atoms with van der Waals surface area (Å²) in [7, 11) is 0. The lowest BCUT2D eigenvalue weighted by Crippen LogP contribution is -2.34. The van der Waals surface area contributed by atoms with Crippen molar-refractivity contribution in [2.75, 3.05) is 13.2 Å². The number of alkyl carbamates (subject to hydrolysis) is 1. The van der Waals surface area contributed by atoms with Crippen molar-refractivity contribution in [2.45, 2.75) is 46.1 Å². The van der Waals surface area contributed by atoms with E-state index in [-0.39, 0.29) is 6.61 Å². The second-order valence-corrected chi connectivity index (χ2v) is 7.08. The van der Waals surface area contributed by atoms with Crippen LogP contribution >= 0.6 is 0 Å². The van der Waals surface area contributed by atoms with Gasteiger partial charge in [0, 0.05) is 11.6 Å². The minimum Gasteiger partial charge on any atom is -0.474 e. The van der Waals surface area contributed by atoms with Crippen molar-refractivity contribution in [1.82, 2.24) is 10.5 Å². The maximum Gasteiger partial charge on any atom is 0.407 e. The molecule has 0 aliphatic carbocycles. The van der Waals surface area contributed by atoms with E-state index in [4.69, 9.17) is 14.0 Å². The van der Waals surface area contributed by atoms with E-state index >= 15 is 0 Å². The number of aromatic nitrogens is 1. The number of amides is 1. The van der Waals surface area contributed by atoms with Gasteiger partial charge in [0.15, 0.2) is 5.76 Å². The predicted molar refractivity (Wildman–Crippen MR) is 95.8 cm³/mol. The molecule has 0 atom stereocenters. The van der Waals surface area contributed by atoms with Crippen molar-refractivity contribution in [2.24, 2.45) is 0 Å². The van der Waals surface area contributed by atoms with Gasteiger partial charge < -0.3 is 19.3 Å². The fourth-order valence-corrected chi connectivity index (χ4v) is 2.12. The summed E-state index contributed by atoms with van der Waals surface area (Å²) in [6.45, 7) is 10.3. The molecule has 0 aliphatic rings. The first-order valence-electron chi connectivity index (χ1n) is 8.41. The van der Waals surface area contributed by atoms with Crippen LogP contribution in [0.5, 0.6) is 5.88 Å². The molecule has 1 aromatic carbocycles. The topological polar surface area (TPSA) is 73.6 Å². The first-order chi connectivity index (χ1) is 11.7. The Morgan fingerprint density at radius 1 is 1.24 bits per heavy atom. The molecular formula is C19H26N2O4. The van der Waals surface area contributed by atoms with Gasteiger partial charge in [0.1, 0.15) is 12.2 Å². The van der Waals surface area contributed by atoms with Gasteiger partial charge in [-0.05, 0) is 37.4 Å². The van der Waals surface area contributed by atoms with Crippen molar-refractivity contribution in [1.29, 1.82) is 0 Å². The van der Waals surface area contributed by atoms with Crippen LogP contribution in [0.2, 0.25) is 0 Å². The van der Waals surface area contributed by atoms with Crippen LogP contribution in [0.4, 0.5) is 4.79 Å². The number of nitrogens with one attached hydrogen (secondary N) is 1. The van der Waals surface area contributed by atoms with Crippen LogP contribution in [0, 0.1) is 0 Å². The lowest BCUT2D eigenvalue weighted by atomic mass is 10.0. The molecule has 2 rings (SSSR count). The number of carbonyl (C=O) groups is 1. The van der Waals surface area contributed by atoms with E-state index in [0.29, 0.717) is 24.1 Å². The number of rotatable bonds is 6. The van der Waals surface area contributed by atoms with E-state index < -0.39 is 11.7 Å². The SMILES string of the molecule is CC(C)c1ccc(-c2cc(OCCNC(=O)OC(C)(C)C)no2)cc1. The summed E-state index contributed by atoms with van der Waals surface area (Å²) < 4.78 is 15.9. The first-order valence-corrected chi connectivity index (χ1v) is 8.41. The zero-order chi connectivity index (χ0) is 18.4. The molecule has 0 unspecified atom stereocenters. The van der Waals surface area contributed by atoms with Gasteiger partial charge in [0.05, 0.1) is 6.54 Å². The van der Waals surface area contributed by atoms with Crippen LogP contribution in [0.15, 0.2) is 34.9 Å². The third-order valence-electron chi connectivity index (χ3n) is 3.37. The Balaban J connectivity index is 1.80. The molecule has 0 saturated carbocycles. The van der Waals surface area contributed by atoms with E-state index in [1.807, 2.05) is 32.9 Å². The molecule has 0 spiro atoms. The molecule has 0 bridgehead atoms. The van der Waals surface area contributed by atoms with Gasteiger partial charge in [-0.15, -0.1) is 0 Å². The maximum atomic E-state index is 11.5. The molecule has 2 aromatic rings. The summed E-state index contributed by atoms with van der Waals surface area (Å²) in [5.74, 6) is 1.51. The van der Waals surface area contributed by atoms with Crippen LogP contribution in [0.3, 0.4) is 0 Å². The molecule has 6 nitrogen and oxygen atoms in total. The van der Waals surface area contributed by atoms with Crippen LogP contribution in [0.25, 0.3) is 11.3 Å². The van der Waals surface area contributed by atoms with Crippen molar-refractivity contribution < 1.29 is 18.8 Å². The van der Waals surface area contributed by atoms with Crippen molar-refractivity contribution >= 4 is 6.09 Å². The normalized spacial score (nSPS) is 11.4. The lowest BCUT2D eigenvalue weighted by Gasteiger charge is -2.19. The van der Waals surface area contributed by atoms with E-state index in [1.165, 1.54) is 5.56 Å². The predicted octanol–water partition coefficient (Wildman–Crippen LogP) is 4.37. The minimum atomic E-state index is -0.517. The fourth-order valence-electron chi connectivity index (χ4n) is 2.12. The molecule has 0 radical (unpaired) electrons. The number of benzene rings is 1. The summed E-state index contributed by atoms with van der Waals surface area (Å²) in [5.41, 5.74) is 1.70. The molecule has 0 fully saturated rings. The molecule has 0 saturated heterocycles. The van der Waals surface area contributed by atoms with Gasteiger partial charge in [0.2, 0.25) is 0 Å². The highest BCUT2D eigenvalue weighted by Gasteiger charge is 2.15. The first kappa shape index (κ1) is 18.8. The van der Waals surface area contributed by atoms with Crippen LogP contribution in [-0.4, -0.2) is 30.0 Å². The number of nitrogens with zero attached hydrogens (tertiary/aromatic N) is 1. The minimum absolute atomic E-state index is 0.275. The van der Waals surface area contributed by atoms with Crippen molar-refractivity contribution in [3.8, 4) is 17.2 Å².